The Labute approximate surface area is 106 Å². The summed E-state index contributed by atoms with van der Waals surface area (Å²) in [6, 6.07) is 8.36. The van der Waals surface area contributed by atoms with Crippen LogP contribution in [-0.2, 0) is 0 Å². The zero-order valence-corrected chi connectivity index (χ0v) is 10.9. The fraction of sp³-hybridized carbons (Fsp3) is 0.154. The first kappa shape index (κ1) is 11.4. The molecule has 0 radical (unpaired) electrons. The highest BCUT2D eigenvalue weighted by atomic mass is 32.2. The van der Waals surface area contributed by atoms with Gasteiger partial charge in [-0.25, -0.2) is 0 Å². The minimum absolute atomic E-state index is 0.916. The van der Waals surface area contributed by atoms with E-state index in [4.69, 9.17) is 12.2 Å². The Hall–Kier alpha value is -1.06. The van der Waals surface area contributed by atoms with Crippen LogP contribution in [0.15, 0.2) is 42.6 Å². The highest BCUT2D eigenvalue weighted by Gasteiger charge is 2.12. The summed E-state index contributed by atoms with van der Waals surface area (Å²) in [6.45, 7) is 0. The molecular weight excluding hydrogens is 234 g/mol. The molecule has 0 aliphatic carbocycles. The number of anilines is 1. The first-order valence-electron chi connectivity index (χ1n) is 5.02. The quantitative estimate of drug-likeness (QED) is 0.550. The maximum atomic E-state index is 5.23. The molecule has 0 spiro atoms. The Morgan fingerprint density at radius 2 is 2.12 bits per heavy atom. The van der Waals surface area contributed by atoms with Gasteiger partial charge in [-0.2, -0.15) is 0 Å². The normalized spacial score (nSPS) is 16.4. The number of fused-ring (bicyclic) bond motifs is 1. The molecule has 0 amide bonds. The van der Waals surface area contributed by atoms with Crippen LogP contribution in [0.25, 0.3) is 5.57 Å². The van der Waals surface area contributed by atoms with Crippen LogP contribution in [0.1, 0.15) is 5.56 Å². The van der Waals surface area contributed by atoms with E-state index in [-0.39, 0.29) is 0 Å². The Balaban J connectivity index is 2.47. The fourth-order valence-corrected chi connectivity index (χ4v) is 2.07. The van der Waals surface area contributed by atoms with Crippen LogP contribution in [0.2, 0.25) is 0 Å². The lowest BCUT2D eigenvalue weighted by Gasteiger charge is -2.23. The van der Waals surface area contributed by atoms with E-state index in [1.807, 2.05) is 6.26 Å². The Bertz CT molecular complexity index is 475. The summed E-state index contributed by atoms with van der Waals surface area (Å²) in [5.74, 6) is 0. The molecule has 16 heavy (non-hydrogen) atoms. The van der Waals surface area contributed by atoms with Gasteiger partial charge in [0.15, 0.2) is 0 Å². The topological polar surface area (TPSA) is 3.24 Å². The number of para-hydroxylation sites is 1. The molecule has 0 aromatic heterocycles. The summed E-state index contributed by atoms with van der Waals surface area (Å²) < 4.78 is 0.916. The van der Waals surface area contributed by atoms with Gasteiger partial charge in [-0.1, -0.05) is 30.4 Å². The van der Waals surface area contributed by atoms with Gasteiger partial charge in [0.05, 0.1) is 4.20 Å². The van der Waals surface area contributed by atoms with E-state index in [1.165, 1.54) is 16.8 Å². The second-order valence-electron chi connectivity index (χ2n) is 3.57. The van der Waals surface area contributed by atoms with Crippen molar-refractivity contribution in [2.45, 2.75) is 0 Å². The molecule has 1 aromatic carbocycles. The summed E-state index contributed by atoms with van der Waals surface area (Å²) in [4.78, 5) is 2.12. The van der Waals surface area contributed by atoms with Crippen LogP contribution in [-0.4, -0.2) is 17.5 Å². The molecule has 2 rings (SSSR count). The molecule has 1 aliphatic rings. The average Bonchev–Trinajstić information content (AvgIpc) is 2.33. The van der Waals surface area contributed by atoms with Crippen LogP contribution in [0.5, 0.6) is 0 Å². The average molecular weight is 247 g/mol. The fourth-order valence-electron chi connectivity index (χ4n) is 1.70. The highest BCUT2D eigenvalue weighted by molar-refractivity contribution is 8.23. The molecule has 0 bridgehead atoms. The van der Waals surface area contributed by atoms with Crippen LogP contribution in [0.3, 0.4) is 0 Å². The summed E-state index contributed by atoms with van der Waals surface area (Å²) in [5, 5.41) is 0. The predicted molar refractivity (Wildman–Crippen MR) is 78.1 cm³/mol. The van der Waals surface area contributed by atoms with Crippen molar-refractivity contribution < 1.29 is 0 Å². The van der Waals surface area contributed by atoms with Crippen molar-refractivity contribution in [3.05, 3.63) is 48.2 Å². The molecule has 1 heterocycles. The van der Waals surface area contributed by atoms with E-state index in [9.17, 15) is 0 Å². The van der Waals surface area contributed by atoms with Crippen molar-refractivity contribution >= 4 is 39.4 Å². The summed E-state index contributed by atoms with van der Waals surface area (Å²) in [6.07, 6.45) is 8.23. The monoisotopic (exact) mass is 247 g/mol. The van der Waals surface area contributed by atoms with Crippen molar-refractivity contribution in [1.29, 1.82) is 0 Å². The molecule has 0 fully saturated rings. The number of hydrogen-bond acceptors (Lipinski definition) is 3. The van der Waals surface area contributed by atoms with Gasteiger partial charge in [0.1, 0.15) is 0 Å². The minimum Gasteiger partial charge on any atom is -0.351 e. The molecule has 0 N–H and O–H groups in total. The summed E-state index contributed by atoms with van der Waals surface area (Å²) in [7, 11) is 2.05. The number of thiocarbonyl (C=S) groups is 1. The number of rotatable bonds is 1. The van der Waals surface area contributed by atoms with E-state index in [0.717, 1.165) is 4.20 Å². The molecule has 1 aromatic rings. The van der Waals surface area contributed by atoms with Gasteiger partial charge in [-0.15, -0.1) is 11.8 Å². The van der Waals surface area contributed by atoms with Gasteiger partial charge in [-0.05, 0) is 30.0 Å². The standard InChI is InChI=1S/C13H13NS2/c1-14-8-7-10(9-13(15)16-2)11-5-3-4-6-12(11)14/h3-9H,1-2H3/b10-9+. The zero-order chi connectivity index (χ0) is 11.5. The Morgan fingerprint density at radius 3 is 2.88 bits per heavy atom. The van der Waals surface area contributed by atoms with Gasteiger partial charge >= 0.3 is 0 Å². The lowest BCUT2D eigenvalue weighted by molar-refractivity contribution is 1.18. The Morgan fingerprint density at radius 1 is 1.38 bits per heavy atom. The smallest absolute Gasteiger partial charge is 0.0709 e. The third-order valence-corrected chi connectivity index (χ3v) is 3.69. The van der Waals surface area contributed by atoms with Crippen LogP contribution in [0, 0.1) is 0 Å². The molecular formula is C13H13NS2. The van der Waals surface area contributed by atoms with Crippen molar-refractivity contribution in [2.24, 2.45) is 0 Å². The van der Waals surface area contributed by atoms with Gasteiger partial charge in [-0.3, -0.25) is 0 Å². The van der Waals surface area contributed by atoms with Crippen LogP contribution in [0.4, 0.5) is 5.69 Å². The van der Waals surface area contributed by atoms with Gasteiger partial charge < -0.3 is 4.90 Å². The van der Waals surface area contributed by atoms with Crippen molar-refractivity contribution in [3.8, 4) is 0 Å². The maximum Gasteiger partial charge on any atom is 0.0709 e. The lowest BCUT2D eigenvalue weighted by atomic mass is 10.0. The van der Waals surface area contributed by atoms with E-state index in [0.29, 0.717) is 0 Å². The van der Waals surface area contributed by atoms with Crippen molar-refractivity contribution in [2.75, 3.05) is 18.2 Å². The molecule has 0 saturated heterocycles. The number of thioether (sulfide) groups is 1. The van der Waals surface area contributed by atoms with E-state index < -0.39 is 0 Å². The largest absolute Gasteiger partial charge is 0.351 e. The van der Waals surface area contributed by atoms with E-state index in [2.05, 4.69) is 54.6 Å². The molecule has 0 saturated carbocycles. The highest BCUT2D eigenvalue weighted by Crippen LogP contribution is 2.31. The van der Waals surface area contributed by atoms with E-state index >= 15 is 0 Å². The van der Waals surface area contributed by atoms with Crippen LogP contribution >= 0.6 is 24.0 Å². The molecule has 1 nitrogen and oxygen atoms in total. The van der Waals surface area contributed by atoms with Crippen molar-refractivity contribution in [3.63, 3.8) is 0 Å². The first-order chi connectivity index (χ1) is 7.72. The SMILES string of the molecule is CSC(=S)/C=C1\C=CN(C)c2ccccc21. The molecule has 1 aliphatic heterocycles. The predicted octanol–water partition coefficient (Wildman–Crippen LogP) is 3.72. The molecule has 0 atom stereocenters. The molecule has 3 heteroatoms. The van der Waals surface area contributed by atoms with Crippen LogP contribution < -0.4 is 4.90 Å². The zero-order valence-electron chi connectivity index (χ0n) is 9.31. The van der Waals surface area contributed by atoms with E-state index in [1.54, 1.807) is 11.8 Å². The van der Waals surface area contributed by atoms with Gasteiger partial charge in [0.2, 0.25) is 0 Å². The minimum atomic E-state index is 0.916. The maximum absolute atomic E-state index is 5.23. The number of allylic oxidation sites excluding steroid dienone is 2. The Kier molecular flexibility index (Phi) is 3.46. The number of nitrogens with zero attached hydrogens (tertiary/aromatic N) is 1. The summed E-state index contributed by atoms with van der Waals surface area (Å²) >= 11 is 6.84. The second-order valence-corrected chi connectivity index (χ2v) is 5.11. The van der Waals surface area contributed by atoms with Gasteiger partial charge in [0, 0.05) is 24.5 Å². The van der Waals surface area contributed by atoms with Crippen molar-refractivity contribution in [1.82, 2.24) is 0 Å². The number of hydrogen-bond donors (Lipinski definition) is 0. The third kappa shape index (κ3) is 2.20. The van der Waals surface area contributed by atoms with Gasteiger partial charge in [0.25, 0.3) is 0 Å². The third-order valence-electron chi connectivity index (χ3n) is 2.55. The summed E-state index contributed by atoms with van der Waals surface area (Å²) in [5.41, 5.74) is 3.65. The molecule has 82 valence electrons. The molecule has 0 unspecified atom stereocenters. The lowest BCUT2D eigenvalue weighted by Crippen LogP contribution is -2.13. The first-order valence-corrected chi connectivity index (χ1v) is 6.66. The number of benzene rings is 1. The second kappa shape index (κ2) is 4.85.